The van der Waals surface area contributed by atoms with Crippen LogP contribution >= 0.6 is 11.6 Å². The molecule has 0 aliphatic heterocycles. The molecule has 0 spiro atoms. The molecule has 0 N–H and O–H groups in total. The molecule has 0 aliphatic rings. The van der Waals surface area contributed by atoms with E-state index in [1.54, 1.807) is 55.5 Å². The quantitative estimate of drug-likeness (QED) is 0.450. The van der Waals surface area contributed by atoms with Crippen LogP contribution in [-0.2, 0) is 4.79 Å². The van der Waals surface area contributed by atoms with Crippen LogP contribution < -0.4 is 9.47 Å². The molecule has 0 saturated heterocycles. The third-order valence-electron chi connectivity index (χ3n) is 3.88. The van der Waals surface area contributed by atoms with Crippen LogP contribution in [0, 0.1) is 11.3 Å². The van der Waals surface area contributed by atoms with Gasteiger partial charge in [-0.05, 0) is 66.6 Å². The Bertz CT molecular complexity index is 958. The number of carbonyl (C=O) groups is 1. The molecule has 0 radical (unpaired) electrons. The number of nitriles is 1. The van der Waals surface area contributed by atoms with Crippen molar-refractivity contribution in [3.05, 3.63) is 83.4 Å². The molecule has 1 unspecified atom stereocenters. The van der Waals surface area contributed by atoms with Gasteiger partial charge in [0.1, 0.15) is 11.5 Å². The lowest BCUT2D eigenvalue weighted by Crippen LogP contribution is -2.28. The van der Waals surface area contributed by atoms with Crippen LogP contribution in [0.3, 0.4) is 0 Å². The number of esters is 1. The van der Waals surface area contributed by atoms with E-state index in [4.69, 9.17) is 26.3 Å². The van der Waals surface area contributed by atoms with Crippen molar-refractivity contribution in [3.63, 3.8) is 0 Å². The molecule has 134 valence electrons. The summed E-state index contributed by atoms with van der Waals surface area (Å²) in [5.41, 5.74) is 2.55. The number of halogens is 1. The fourth-order valence-corrected chi connectivity index (χ4v) is 2.54. The van der Waals surface area contributed by atoms with Crippen LogP contribution in [0.4, 0.5) is 0 Å². The van der Waals surface area contributed by atoms with Crippen molar-refractivity contribution in [2.45, 2.75) is 13.0 Å². The highest BCUT2D eigenvalue weighted by atomic mass is 35.5. The first-order valence-electron chi connectivity index (χ1n) is 8.29. The third-order valence-corrected chi connectivity index (χ3v) is 4.13. The second-order valence-electron chi connectivity index (χ2n) is 5.85. The van der Waals surface area contributed by atoms with Crippen LogP contribution in [0.25, 0.3) is 11.1 Å². The fraction of sp³-hybridized carbons (Fsp3) is 0.0909. The standard InChI is InChI=1S/C22H16ClNO3/c1-15(26-20-12-8-19(23)9-13-20)22(25)27-21-10-6-18(7-11-21)17-4-2-16(14-24)3-5-17/h2-13,15H,1H3. The van der Waals surface area contributed by atoms with Gasteiger partial charge in [-0.1, -0.05) is 35.9 Å². The minimum absolute atomic E-state index is 0.434. The molecule has 0 bridgehead atoms. The van der Waals surface area contributed by atoms with E-state index in [-0.39, 0.29) is 0 Å². The monoisotopic (exact) mass is 377 g/mol. The zero-order valence-electron chi connectivity index (χ0n) is 14.6. The lowest BCUT2D eigenvalue weighted by atomic mass is 10.0. The summed E-state index contributed by atoms with van der Waals surface area (Å²) in [6, 6.07) is 23.3. The maximum Gasteiger partial charge on any atom is 0.352 e. The maximum absolute atomic E-state index is 12.2. The highest BCUT2D eigenvalue weighted by Gasteiger charge is 2.17. The maximum atomic E-state index is 12.2. The average Bonchev–Trinajstić information content (AvgIpc) is 2.70. The first-order chi connectivity index (χ1) is 13.0. The van der Waals surface area contributed by atoms with Gasteiger partial charge in [0, 0.05) is 5.02 Å². The zero-order chi connectivity index (χ0) is 19.2. The number of hydrogen-bond donors (Lipinski definition) is 0. The molecule has 3 rings (SSSR count). The summed E-state index contributed by atoms with van der Waals surface area (Å²) in [5.74, 6) is 0.486. The zero-order valence-corrected chi connectivity index (χ0v) is 15.3. The number of nitrogens with zero attached hydrogens (tertiary/aromatic N) is 1. The third kappa shape index (κ3) is 4.87. The summed E-state index contributed by atoms with van der Waals surface area (Å²) in [4.78, 5) is 12.2. The summed E-state index contributed by atoms with van der Waals surface area (Å²) in [6.45, 7) is 1.63. The Morgan fingerprint density at radius 2 is 1.41 bits per heavy atom. The van der Waals surface area contributed by atoms with E-state index in [0.717, 1.165) is 11.1 Å². The summed E-state index contributed by atoms with van der Waals surface area (Å²) in [7, 11) is 0. The number of hydrogen-bond acceptors (Lipinski definition) is 4. The molecule has 4 nitrogen and oxygen atoms in total. The lowest BCUT2D eigenvalue weighted by Gasteiger charge is -2.14. The van der Waals surface area contributed by atoms with Gasteiger partial charge in [0.05, 0.1) is 11.6 Å². The predicted octanol–water partition coefficient (Wildman–Crippen LogP) is 5.25. The Balaban J connectivity index is 1.62. The summed E-state index contributed by atoms with van der Waals surface area (Å²) in [5, 5.41) is 9.45. The molecule has 1 atom stereocenters. The van der Waals surface area contributed by atoms with E-state index in [1.165, 1.54) is 0 Å². The number of carbonyl (C=O) groups excluding carboxylic acids is 1. The minimum atomic E-state index is -0.760. The van der Waals surface area contributed by atoms with E-state index in [2.05, 4.69) is 6.07 Å². The predicted molar refractivity (Wildman–Crippen MR) is 104 cm³/mol. The molecular formula is C22H16ClNO3. The van der Waals surface area contributed by atoms with Gasteiger partial charge in [-0.2, -0.15) is 5.26 Å². The van der Waals surface area contributed by atoms with Crippen molar-refractivity contribution >= 4 is 17.6 Å². The van der Waals surface area contributed by atoms with E-state index >= 15 is 0 Å². The van der Waals surface area contributed by atoms with E-state index < -0.39 is 12.1 Å². The second kappa shape index (κ2) is 8.39. The van der Waals surface area contributed by atoms with Crippen molar-refractivity contribution in [2.75, 3.05) is 0 Å². The molecule has 0 saturated carbocycles. The van der Waals surface area contributed by atoms with Gasteiger partial charge in [0.15, 0.2) is 6.10 Å². The minimum Gasteiger partial charge on any atom is -0.479 e. The van der Waals surface area contributed by atoms with Crippen molar-refractivity contribution in [1.82, 2.24) is 0 Å². The van der Waals surface area contributed by atoms with E-state index in [9.17, 15) is 4.79 Å². The lowest BCUT2D eigenvalue weighted by molar-refractivity contribution is -0.141. The van der Waals surface area contributed by atoms with E-state index in [0.29, 0.717) is 22.1 Å². The summed E-state index contributed by atoms with van der Waals surface area (Å²) < 4.78 is 10.9. The largest absolute Gasteiger partial charge is 0.479 e. The highest BCUT2D eigenvalue weighted by molar-refractivity contribution is 6.30. The first kappa shape index (κ1) is 18.5. The van der Waals surface area contributed by atoms with Crippen LogP contribution in [0.5, 0.6) is 11.5 Å². The van der Waals surface area contributed by atoms with Crippen molar-refractivity contribution in [3.8, 4) is 28.7 Å². The fourth-order valence-electron chi connectivity index (χ4n) is 2.42. The number of ether oxygens (including phenoxy) is 2. The van der Waals surface area contributed by atoms with Gasteiger partial charge in [-0.3, -0.25) is 0 Å². The van der Waals surface area contributed by atoms with Crippen molar-refractivity contribution < 1.29 is 14.3 Å². The Kier molecular flexibility index (Phi) is 5.75. The SMILES string of the molecule is CC(Oc1ccc(Cl)cc1)C(=O)Oc1ccc(-c2ccc(C#N)cc2)cc1. The Hall–Kier alpha value is -3.29. The molecule has 0 fully saturated rings. The molecule has 27 heavy (non-hydrogen) atoms. The Morgan fingerprint density at radius 3 is 1.96 bits per heavy atom. The average molecular weight is 378 g/mol. The van der Waals surface area contributed by atoms with Crippen LogP contribution in [-0.4, -0.2) is 12.1 Å². The van der Waals surface area contributed by atoms with Gasteiger partial charge in [-0.15, -0.1) is 0 Å². The van der Waals surface area contributed by atoms with Gasteiger partial charge in [0.25, 0.3) is 0 Å². The van der Waals surface area contributed by atoms with Crippen molar-refractivity contribution in [1.29, 1.82) is 5.26 Å². The Morgan fingerprint density at radius 1 is 0.889 bits per heavy atom. The summed E-state index contributed by atoms with van der Waals surface area (Å²) in [6.07, 6.45) is -0.760. The van der Waals surface area contributed by atoms with Crippen LogP contribution in [0.15, 0.2) is 72.8 Å². The molecule has 0 amide bonds. The smallest absolute Gasteiger partial charge is 0.352 e. The van der Waals surface area contributed by atoms with Crippen LogP contribution in [0.1, 0.15) is 12.5 Å². The topological polar surface area (TPSA) is 59.3 Å². The number of rotatable bonds is 5. The molecular weight excluding hydrogens is 362 g/mol. The Labute approximate surface area is 162 Å². The summed E-state index contributed by atoms with van der Waals surface area (Å²) >= 11 is 5.83. The second-order valence-corrected chi connectivity index (χ2v) is 6.29. The molecule has 3 aromatic carbocycles. The molecule has 0 aliphatic carbocycles. The van der Waals surface area contributed by atoms with Crippen molar-refractivity contribution in [2.24, 2.45) is 0 Å². The number of benzene rings is 3. The molecule has 0 heterocycles. The van der Waals surface area contributed by atoms with Gasteiger partial charge >= 0.3 is 5.97 Å². The highest BCUT2D eigenvalue weighted by Crippen LogP contribution is 2.23. The normalized spacial score (nSPS) is 11.3. The van der Waals surface area contributed by atoms with E-state index in [1.807, 2.05) is 24.3 Å². The first-order valence-corrected chi connectivity index (χ1v) is 8.67. The van der Waals surface area contributed by atoms with Gasteiger partial charge in [-0.25, -0.2) is 4.79 Å². The molecule has 0 aromatic heterocycles. The molecule has 3 aromatic rings. The van der Waals surface area contributed by atoms with Gasteiger partial charge < -0.3 is 9.47 Å². The van der Waals surface area contributed by atoms with Gasteiger partial charge in [0.2, 0.25) is 0 Å². The van der Waals surface area contributed by atoms with Crippen LogP contribution in [0.2, 0.25) is 5.02 Å². The molecule has 5 heteroatoms.